The third-order valence-corrected chi connectivity index (χ3v) is 4.02. The zero-order valence-electron chi connectivity index (χ0n) is 11.8. The van der Waals surface area contributed by atoms with Crippen molar-refractivity contribution in [2.45, 2.75) is 15.9 Å². The molecule has 6 heteroatoms. The summed E-state index contributed by atoms with van der Waals surface area (Å²) in [7, 11) is 0. The van der Waals surface area contributed by atoms with E-state index < -0.39 is 12.1 Å². The van der Waals surface area contributed by atoms with Gasteiger partial charge in [-0.25, -0.2) is 4.79 Å². The molecule has 5 nitrogen and oxygen atoms in total. The molecule has 2 rings (SSSR count). The molecule has 0 radical (unpaired) electrons. The lowest BCUT2D eigenvalue weighted by molar-refractivity contribution is 0.0693. The molecule has 0 aliphatic rings. The van der Waals surface area contributed by atoms with Gasteiger partial charge in [-0.3, -0.25) is 0 Å². The van der Waals surface area contributed by atoms with Gasteiger partial charge < -0.3 is 20.6 Å². The molecule has 22 heavy (non-hydrogen) atoms. The number of aromatic carboxylic acids is 1. The first-order valence-corrected chi connectivity index (χ1v) is 7.55. The second-order valence-electron chi connectivity index (χ2n) is 4.65. The molecule has 0 saturated carbocycles. The Labute approximate surface area is 132 Å². The van der Waals surface area contributed by atoms with Crippen molar-refractivity contribution >= 4 is 23.4 Å². The molecule has 4 N–H and O–H groups in total. The van der Waals surface area contributed by atoms with Crippen LogP contribution in [0.3, 0.4) is 0 Å². The van der Waals surface area contributed by atoms with E-state index in [1.807, 2.05) is 30.3 Å². The molecule has 0 saturated heterocycles. The Morgan fingerprint density at radius 1 is 1.18 bits per heavy atom. The van der Waals surface area contributed by atoms with Crippen LogP contribution in [0.25, 0.3) is 0 Å². The number of benzene rings is 2. The third-order valence-electron chi connectivity index (χ3n) is 2.93. The highest BCUT2D eigenvalue weighted by atomic mass is 32.2. The Bertz CT molecular complexity index is 633. The van der Waals surface area contributed by atoms with E-state index >= 15 is 0 Å². The van der Waals surface area contributed by atoms with Crippen LogP contribution >= 0.6 is 11.8 Å². The summed E-state index contributed by atoms with van der Waals surface area (Å²) in [5.41, 5.74) is 0.777. The van der Waals surface area contributed by atoms with Crippen molar-refractivity contribution in [1.29, 1.82) is 0 Å². The molecule has 0 aromatic heterocycles. The molecule has 2 aromatic rings. The second kappa shape index (κ2) is 7.84. The van der Waals surface area contributed by atoms with Gasteiger partial charge in [0.25, 0.3) is 0 Å². The molecule has 1 atom stereocenters. The maximum absolute atomic E-state index is 11.4. The SMILES string of the molecule is O=C(O)c1cc(NCC(O)CO)ccc1Sc1ccccc1. The first-order valence-electron chi connectivity index (χ1n) is 6.73. The molecule has 0 heterocycles. The van der Waals surface area contributed by atoms with Crippen molar-refractivity contribution in [3.05, 3.63) is 54.1 Å². The maximum atomic E-state index is 11.4. The summed E-state index contributed by atoms with van der Waals surface area (Å²) in [6.45, 7) is -0.193. The van der Waals surface area contributed by atoms with Crippen LogP contribution in [-0.2, 0) is 0 Å². The maximum Gasteiger partial charge on any atom is 0.336 e. The molecular weight excluding hydrogens is 302 g/mol. The number of anilines is 1. The van der Waals surface area contributed by atoms with Crippen molar-refractivity contribution in [3.8, 4) is 0 Å². The van der Waals surface area contributed by atoms with Gasteiger partial charge in [0.05, 0.1) is 18.3 Å². The van der Waals surface area contributed by atoms with Crippen LogP contribution in [0.4, 0.5) is 5.69 Å². The molecule has 116 valence electrons. The molecule has 2 aromatic carbocycles. The predicted molar refractivity (Wildman–Crippen MR) is 85.5 cm³/mol. The summed E-state index contributed by atoms with van der Waals surface area (Å²) < 4.78 is 0. The van der Waals surface area contributed by atoms with E-state index in [0.717, 1.165) is 4.90 Å². The van der Waals surface area contributed by atoms with Crippen LogP contribution in [0.1, 0.15) is 10.4 Å². The number of rotatable bonds is 7. The fourth-order valence-electron chi connectivity index (χ4n) is 1.81. The lowest BCUT2D eigenvalue weighted by Gasteiger charge is -2.12. The number of hydrogen-bond acceptors (Lipinski definition) is 5. The van der Waals surface area contributed by atoms with E-state index in [2.05, 4.69) is 5.32 Å². The van der Waals surface area contributed by atoms with Gasteiger partial charge in [-0.05, 0) is 30.3 Å². The molecule has 0 spiro atoms. The smallest absolute Gasteiger partial charge is 0.336 e. The number of aliphatic hydroxyl groups excluding tert-OH is 2. The number of carboxylic acids is 1. The van der Waals surface area contributed by atoms with Crippen molar-refractivity contribution in [2.24, 2.45) is 0 Å². The zero-order valence-corrected chi connectivity index (χ0v) is 12.6. The zero-order chi connectivity index (χ0) is 15.9. The fraction of sp³-hybridized carbons (Fsp3) is 0.188. The molecule has 0 bridgehead atoms. The summed E-state index contributed by atoms with van der Waals surface area (Å²) in [6.07, 6.45) is -0.883. The number of aliphatic hydroxyl groups is 2. The summed E-state index contributed by atoms with van der Waals surface area (Å²) in [4.78, 5) is 13.0. The van der Waals surface area contributed by atoms with Crippen molar-refractivity contribution in [2.75, 3.05) is 18.5 Å². The Hall–Kier alpha value is -2.02. The summed E-state index contributed by atoms with van der Waals surface area (Å²) in [5.74, 6) is -1.01. The van der Waals surface area contributed by atoms with Gasteiger partial charge in [0, 0.05) is 22.0 Å². The van der Waals surface area contributed by atoms with Crippen LogP contribution in [-0.4, -0.2) is 40.5 Å². The van der Waals surface area contributed by atoms with Crippen LogP contribution in [0.5, 0.6) is 0 Å². The first-order chi connectivity index (χ1) is 10.6. The van der Waals surface area contributed by atoms with E-state index in [-0.39, 0.29) is 18.7 Å². The topological polar surface area (TPSA) is 89.8 Å². The average molecular weight is 319 g/mol. The van der Waals surface area contributed by atoms with Gasteiger partial charge >= 0.3 is 5.97 Å². The van der Waals surface area contributed by atoms with Crippen LogP contribution < -0.4 is 5.32 Å². The Morgan fingerprint density at radius 2 is 1.91 bits per heavy atom. The molecule has 0 aliphatic carbocycles. The van der Waals surface area contributed by atoms with Crippen LogP contribution in [0.15, 0.2) is 58.3 Å². The Kier molecular flexibility index (Phi) is 5.83. The minimum absolute atomic E-state index is 0.154. The van der Waals surface area contributed by atoms with Gasteiger partial charge in [-0.2, -0.15) is 0 Å². The van der Waals surface area contributed by atoms with E-state index in [9.17, 15) is 15.0 Å². The Morgan fingerprint density at radius 3 is 2.55 bits per heavy atom. The lowest BCUT2D eigenvalue weighted by atomic mass is 10.2. The minimum Gasteiger partial charge on any atom is -0.478 e. The van der Waals surface area contributed by atoms with Gasteiger partial charge in [0.15, 0.2) is 0 Å². The second-order valence-corrected chi connectivity index (χ2v) is 5.76. The highest BCUT2D eigenvalue weighted by molar-refractivity contribution is 7.99. The number of nitrogens with one attached hydrogen (secondary N) is 1. The van der Waals surface area contributed by atoms with Crippen LogP contribution in [0.2, 0.25) is 0 Å². The highest BCUT2D eigenvalue weighted by Crippen LogP contribution is 2.32. The van der Waals surface area contributed by atoms with Gasteiger partial charge in [0.1, 0.15) is 0 Å². The fourth-order valence-corrected chi connectivity index (χ4v) is 2.75. The molecular formula is C16H17NO4S. The standard InChI is InChI=1S/C16H17NO4S/c18-10-12(19)9-17-11-6-7-15(14(8-11)16(20)21)22-13-4-2-1-3-5-13/h1-8,12,17-19H,9-10H2,(H,20,21). The minimum atomic E-state index is -1.01. The highest BCUT2D eigenvalue weighted by Gasteiger charge is 2.13. The molecule has 0 amide bonds. The predicted octanol–water partition coefficient (Wildman–Crippen LogP) is 2.30. The van der Waals surface area contributed by atoms with Crippen molar-refractivity contribution < 1.29 is 20.1 Å². The quantitative estimate of drug-likeness (QED) is 0.626. The molecule has 1 unspecified atom stereocenters. The normalized spacial score (nSPS) is 11.9. The average Bonchev–Trinajstić information content (AvgIpc) is 2.54. The third kappa shape index (κ3) is 4.49. The van der Waals surface area contributed by atoms with E-state index in [4.69, 9.17) is 5.11 Å². The summed E-state index contributed by atoms with van der Waals surface area (Å²) in [6, 6.07) is 14.5. The lowest BCUT2D eigenvalue weighted by Crippen LogP contribution is -2.23. The van der Waals surface area contributed by atoms with Crippen LogP contribution in [0, 0.1) is 0 Å². The van der Waals surface area contributed by atoms with E-state index in [0.29, 0.717) is 10.6 Å². The molecule has 0 fully saturated rings. The number of hydrogen-bond donors (Lipinski definition) is 4. The van der Waals surface area contributed by atoms with E-state index in [1.165, 1.54) is 17.8 Å². The molecule has 0 aliphatic heterocycles. The summed E-state index contributed by atoms with van der Waals surface area (Å²) in [5, 5.41) is 30.4. The number of carbonyl (C=O) groups is 1. The Balaban J connectivity index is 2.18. The van der Waals surface area contributed by atoms with Gasteiger partial charge in [0.2, 0.25) is 0 Å². The van der Waals surface area contributed by atoms with Gasteiger partial charge in [-0.15, -0.1) is 0 Å². The monoisotopic (exact) mass is 319 g/mol. The van der Waals surface area contributed by atoms with Crippen molar-refractivity contribution in [3.63, 3.8) is 0 Å². The van der Waals surface area contributed by atoms with Crippen molar-refractivity contribution in [1.82, 2.24) is 0 Å². The largest absolute Gasteiger partial charge is 0.478 e. The number of carboxylic acid groups (broad SMARTS) is 1. The van der Waals surface area contributed by atoms with Gasteiger partial charge in [-0.1, -0.05) is 30.0 Å². The van der Waals surface area contributed by atoms with E-state index in [1.54, 1.807) is 12.1 Å². The first kappa shape index (κ1) is 16.4. The summed E-state index contributed by atoms with van der Waals surface area (Å²) >= 11 is 1.38.